The molecule has 0 aromatic rings. The molecule has 1 rings (SSSR count). The minimum Gasteiger partial charge on any atom is -0.378 e. The number of hydrogen-bond acceptors (Lipinski definition) is 5. The van der Waals surface area contributed by atoms with Crippen molar-refractivity contribution in [1.29, 1.82) is 0 Å². The van der Waals surface area contributed by atoms with Gasteiger partial charge in [-0.1, -0.05) is 0 Å². The molecule has 162 valence electrons. The van der Waals surface area contributed by atoms with Crippen LogP contribution in [0.1, 0.15) is 75.7 Å². The zero-order valence-corrected chi connectivity index (χ0v) is 19.2. The van der Waals surface area contributed by atoms with E-state index in [4.69, 9.17) is 23.7 Å². The minimum absolute atomic E-state index is 0.0380. The zero-order valence-electron chi connectivity index (χ0n) is 19.2. The molecule has 0 aromatic carbocycles. The Bertz CT molecular complexity index is 394. The number of ether oxygens (including phenoxy) is 5. The maximum Gasteiger partial charge on any atom is 0.113 e. The maximum absolute atomic E-state index is 6.38. The van der Waals surface area contributed by atoms with E-state index in [0.29, 0.717) is 6.61 Å². The lowest BCUT2D eigenvalue weighted by atomic mass is 9.80. The van der Waals surface area contributed by atoms with Gasteiger partial charge in [-0.2, -0.15) is 0 Å². The van der Waals surface area contributed by atoms with E-state index in [1.807, 2.05) is 0 Å². The highest BCUT2D eigenvalue weighted by Gasteiger charge is 2.49. The van der Waals surface area contributed by atoms with Gasteiger partial charge in [0.05, 0.1) is 49.3 Å². The van der Waals surface area contributed by atoms with E-state index in [-0.39, 0.29) is 60.9 Å². The molecular weight excluding hydrogens is 344 g/mol. The SMILES string of the molecule is CC(C)OCC1CC(OC(C)C)C(OC(C)C)C(OC(C)C)C1OC(C)C. The second kappa shape index (κ2) is 11.7. The van der Waals surface area contributed by atoms with Crippen LogP contribution >= 0.6 is 0 Å². The van der Waals surface area contributed by atoms with Crippen molar-refractivity contribution in [2.75, 3.05) is 6.61 Å². The Kier molecular flexibility index (Phi) is 10.8. The summed E-state index contributed by atoms with van der Waals surface area (Å²) < 4.78 is 31.4. The van der Waals surface area contributed by atoms with Crippen LogP contribution in [-0.4, -0.2) is 61.5 Å². The molecule has 5 heteroatoms. The average Bonchev–Trinajstić information content (AvgIpc) is 2.49. The first-order chi connectivity index (χ1) is 12.5. The van der Waals surface area contributed by atoms with Crippen LogP contribution in [-0.2, 0) is 23.7 Å². The summed E-state index contributed by atoms with van der Waals surface area (Å²) in [4.78, 5) is 0. The van der Waals surface area contributed by atoms with Crippen molar-refractivity contribution >= 4 is 0 Å². The third kappa shape index (κ3) is 8.78. The third-order valence-electron chi connectivity index (χ3n) is 4.39. The first-order valence-corrected chi connectivity index (χ1v) is 10.7. The Balaban J connectivity index is 3.19. The van der Waals surface area contributed by atoms with Crippen LogP contribution < -0.4 is 0 Å². The van der Waals surface area contributed by atoms with Gasteiger partial charge in [-0.3, -0.25) is 0 Å². The van der Waals surface area contributed by atoms with Crippen LogP contribution in [0.25, 0.3) is 0 Å². The fraction of sp³-hybridized carbons (Fsp3) is 1.00. The first kappa shape index (κ1) is 24.8. The number of hydrogen-bond donors (Lipinski definition) is 0. The van der Waals surface area contributed by atoms with Crippen LogP contribution in [0.15, 0.2) is 0 Å². The third-order valence-corrected chi connectivity index (χ3v) is 4.39. The summed E-state index contributed by atoms with van der Waals surface area (Å²) in [5.41, 5.74) is 0. The summed E-state index contributed by atoms with van der Waals surface area (Å²) in [5, 5.41) is 0. The van der Waals surface area contributed by atoms with Crippen LogP contribution in [0.3, 0.4) is 0 Å². The van der Waals surface area contributed by atoms with Crippen molar-refractivity contribution in [1.82, 2.24) is 0 Å². The molecular formula is C22H44O5. The molecule has 1 aliphatic carbocycles. The molecule has 27 heavy (non-hydrogen) atoms. The largest absolute Gasteiger partial charge is 0.378 e. The minimum atomic E-state index is -0.187. The van der Waals surface area contributed by atoms with E-state index in [0.717, 1.165) is 6.42 Å². The quantitative estimate of drug-likeness (QED) is 0.517. The Hall–Kier alpha value is -0.200. The van der Waals surface area contributed by atoms with Gasteiger partial charge in [0, 0.05) is 5.92 Å². The number of rotatable bonds is 11. The fourth-order valence-corrected chi connectivity index (χ4v) is 3.65. The van der Waals surface area contributed by atoms with E-state index < -0.39 is 0 Å². The van der Waals surface area contributed by atoms with Crippen molar-refractivity contribution in [3.63, 3.8) is 0 Å². The zero-order chi connectivity index (χ0) is 20.7. The summed E-state index contributed by atoms with van der Waals surface area (Å²) >= 11 is 0. The molecule has 0 spiro atoms. The second-order valence-electron chi connectivity index (χ2n) is 9.05. The molecule has 5 nitrogen and oxygen atoms in total. The lowest BCUT2D eigenvalue weighted by Gasteiger charge is -2.48. The molecule has 0 aliphatic heterocycles. The fourth-order valence-electron chi connectivity index (χ4n) is 3.65. The molecule has 0 aromatic heterocycles. The van der Waals surface area contributed by atoms with Crippen molar-refractivity contribution in [3.05, 3.63) is 0 Å². The first-order valence-electron chi connectivity index (χ1n) is 10.7. The van der Waals surface area contributed by atoms with Gasteiger partial charge < -0.3 is 23.7 Å². The highest BCUT2D eigenvalue weighted by atomic mass is 16.6. The lowest BCUT2D eigenvalue weighted by molar-refractivity contribution is -0.250. The van der Waals surface area contributed by atoms with Crippen LogP contribution in [0.4, 0.5) is 0 Å². The summed E-state index contributed by atoms with van der Waals surface area (Å²) in [6, 6.07) is 0. The normalized spacial score (nSPS) is 29.7. The van der Waals surface area contributed by atoms with Crippen molar-refractivity contribution in [2.24, 2.45) is 5.92 Å². The Morgan fingerprint density at radius 1 is 0.556 bits per heavy atom. The summed E-state index contributed by atoms with van der Waals surface area (Å²) in [5.74, 6) is 0.203. The summed E-state index contributed by atoms with van der Waals surface area (Å²) in [6.07, 6.45) is 0.971. The predicted octanol–water partition coefficient (Wildman–Crippen LogP) is 4.61. The Labute approximate surface area is 167 Å². The molecule has 1 aliphatic rings. The highest BCUT2D eigenvalue weighted by Crippen LogP contribution is 2.36. The molecule has 5 atom stereocenters. The summed E-state index contributed by atoms with van der Waals surface area (Å²) in [6.45, 7) is 21.3. The van der Waals surface area contributed by atoms with E-state index in [1.54, 1.807) is 0 Å². The second-order valence-corrected chi connectivity index (χ2v) is 9.05. The van der Waals surface area contributed by atoms with Gasteiger partial charge in [0.15, 0.2) is 0 Å². The van der Waals surface area contributed by atoms with Gasteiger partial charge in [-0.25, -0.2) is 0 Å². The van der Waals surface area contributed by atoms with Crippen LogP contribution in [0.5, 0.6) is 0 Å². The Morgan fingerprint density at radius 3 is 1.44 bits per heavy atom. The van der Waals surface area contributed by atoms with E-state index >= 15 is 0 Å². The van der Waals surface area contributed by atoms with E-state index in [2.05, 4.69) is 69.2 Å². The predicted molar refractivity (Wildman–Crippen MR) is 109 cm³/mol. The standard InChI is InChI=1S/C22H44O5/c1-13(2)23-12-18-11-19(24-14(3)4)21(26-16(7)8)22(27-17(9)10)20(18)25-15(5)6/h13-22H,11-12H2,1-10H3. The molecule has 5 unspecified atom stereocenters. The van der Waals surface area contributed by atoms with Gasteiger partial charge in [0.1, 0.15) is 12.2 Å². The van der Waals surface area contributed by atoms with Crippen molar-refractivity contribution in [3.8, 4) is 0 Å². The smallest absolute Gasteiger partial charge is 0.113 e. The molecule has 0 bridgehead atoms. The summed E-state index contributed by atoms with van der Waals surface area (Å²) in [7, 11) is 0. The molecule has 0 N–H and O–H groups in total. The van der Waals surface area contributed by atoms with Crippen LogP contribution in [0.2, 0.25) is 0 Å². The van der Waals surface area contributed by atoms with Crippen molar-refractivity contribution in [2.45, 2.75) is 131 Å². The topological polar surface area (TPSA) is 46.2 Å². The van der Waals surface area contributed by atoms with E-state index in [9.17, 15) is 0 Å². The maximum atomic E-state index is 6.38. The molecule has 0 saturated heterocycles. The lowest BCUT2D eigenvalue weighted by Crippen LogP contribution is -2.60. The van der Waals surface area contributed by atoms with Gasteiger partial charge in [-0.05, 0) is 75.7 Å². The van der Waals surface area contributed by atoms with E-state index in [1.165, 1.54) is 0 Å². The van der Waals surface area contributed by atoms with Gasteiger partial charge >= 0.3 is 0 Å². The monoisotopic (exact) mass is 388 g/mol. The van der Waals surface area contributed by atoms with Gasteiger partial charge in [0.25, 0.3) is 0 Å². The van der Waals surface area contributed by atoms with Gasteiger partial charge in [0.2, 0.25) is 0 Å². The van der Waals surface area contributed by atoms with Gasteiger partial charge in [-0.15, -0.1) is 0 Å². The average molecular weight is 389 g/mol. The molecule has 0 amide bonds. The molecule has 0 radical (unpaired) electrons. The highest BCUT2D eigenvalue weighted by molar-refractivity contribution is 4.97. The molecule has 1 fully saturated rings. The molecule has 1 saturated carbocycles. The van der Waals surface area contributed by atoms with Crippen molar-refractivity contribution < 1.29 is 23.7 Å². The van der Waals surface area contributed by atoms with Crippen LogP contribution in [0, 0.1) is 5.92 Å². The molecule has 0 heterocycles. The Morgan fingerprint density at radius 2 is 1.00 bits per heavy atom.